The fourth-order valence-electron chi connectivity index (χ4n) is 3.65. The molecule has 1 aliphatic heterocycles. The van der Waals surface area contributed by atoms with E-state index in [9.17, 15) is 9.59 Å². The number of hydrogen-bond donors (Lipinski definition) is 1. The van der Waals surface area contributed by atoms with Crippen LogP contribution in [0.5, 0.6) is 0 Å². The molecule has 1 saturated heterocycles. The molecule has 1 aliphatic rings. The monoisotopic (exact) mass is 463 g/mol. The molecule has 30 heavy (non-hydrogen) atoms. The van der Waals surface area contributed by atoms with Gasteiger partial charge in [-0.3, -0.25) is 14.6 Å². The molecular weight excluding hydrogens is 442 g/mol. The van der Waals surface area contributed by atoms with Crippen molar-refractivity contribution >= 4 is 43.1 Å². The number of nitrogens with zero attached hydrogens (tertiary/aromatic N) is 2. The molecule has 2 heterocycles. The molecule has 4 rings (SSSR count). The maximum Gasteiger partial charge on any atom is 0.271 e. The van der Waals surface area contributed by atoms with Gasteiger partial charge in [0.1, 0.15) is 5.70 Å². The largest absolute Gasteiger partial charge is 0.337 e. The summed E-state index contributed by atoms with van der Waals surface area (Å²) >= 11 is 3.63. The molecule has 0 radical (unpaired) electrons. The normalized spacial score (nSPS) is 14.9. The second kappa shape index (κ2) is 9.22. The Bertz CT molecular complexity index is 1100. The van der Waals surface area contributed by atoms with Crippen molar-refractivity contribution in [2.45, 2.75) is 19.3 Å². The molecule has 6 heteroatoms. The Kier molecular flexibility index (Phi) is 6.23. The average molecular weight is 464 g/mol. The van der Waals surface area contributed by atoms with Crippen molar-refractivity contribution in [2.75, 3.05) is 13.1 Å². The zero-order valence-corrected chi connectivity index (χ0v) is 18.1. The van der Waals surface area contributed by atoms with Crippen LogP contribution >= 0.6 is 15.9 Å². The zero-order valence-electron chi connectivity index (χ0n) is 16.5. The summed E-state index contributed by atoms with van der Waals surface area (Å²) in [5, 5.41) is 3.78. The van der Waals surface area contributed by atoms with E-state index in [0.717, 1.165) is 35.7 Å². The number of amides is 2. The zero-order chi connectivity index (χ0) is 20.9. The third-order valence-electron chi connectivity index (χ3n) is 5.24. The minimum atomic E-state index is -0.314. The van der Waals surface area contributed by atoms with E-state index in [-0.39, 0.29) is 17.5 Å². The van der Waals surface area contributed by atoms with Gasteiger partial charge in [-0.15, -0.1) is 0 Å². The van der Waals surface area contributed by atoms with Crippen LogP contribution in [-0.2, 0) is 4.79 Å². The van der Waals surface area contributed by atoms with Gasteiger partial charge in [-0.1, -0.05) is 36.4 Å². The lowest BCUT2D eigenvalue weighted by Gasteiger charge is -2.28. The molecule has 0 saturated carbocycles. The van der Waals surface area contributed by atoms with Crippen molar-refractivity contribution < 1.29 is 9.59 Å². The topological polar surface area (TPSA) is 62.3 Å². The van der Waals surface area contributed by atoms with Crippen molar-refractivity contribution in [3.63, 3.8) is 0 Å². The molecule has 1 fully saturated rings. The molecule has 2 amide bonds. The van der Waals surface area contributed by atoms with Gasteiger partial charge in [0, 0.05) is 35.8 Å². The molecule has 0 spiro atoms. The van der Waals surface area contributed by atoms with E-state index in [1.807, 2.05) is 41.3 Å². The lowest BCUT2D eigenvalue weighted by atomic mass is 10.1. The quantitative estimate of drug-likeness (QED) is 0.568. The van der Waals surface area contributed by atoms with E-state index < -0.39 is 0 Å². The van der Waals surface area contributed by atoms with Crippen LogP contribution in [0.3, 0.4) is 0 Å². The van der Waals surface area contributed by atoms with Crippen LogP contribution in [0.15, 0.2) is 72.6 Å². The van der Waals surface area contributed by atoms with E-state index in [1.54, 1.807) is 30.5 Å². The minimum absolute atomic E-state index is 0.174. The Labute approximate surface area is 183 Å². The Balaban J connectivity index is 1.78. The van der Waals surface area contributed by atoms with Gasteiger partial charge >= 0.3 is 0 Å². The van der Waals surface area contributed by atoms with Crippen LogP contribution in [0.1, 0.15) is 35.2 Å². The number of pyridine rings is 1. The summed E-state index contributed by atoms with van der Waals surface area (Å²) in [4.78, 5) is 32.5. The van der Waals surface area contributed by atoms with Gasteiger partial charge in [-0.2, -0.15) is 0 Å². The number of rotatable bonds is 4. The van der Waals surface area contributed by atoms with Crippen LogP contribution in [-0.4, -0.2) is 34.8 Å². The first-order valence-corrected chi connectivity index (χ1v) is 10.8. The van der Waals surface area contributed by atoms with Crippen molar-refractivity contribution in [2.24, 2.45) is 0 Å². The number of carbonyl (C=O) groups is 2. The second-order valence-corrected chi connectivity index (χ2v) is 8.03. The SMILES string of the molecule is O=C(N/C(C(=O)N1CCCCC1)=C(\Br)c1ccnc2ccccc12)c1ccccc1. The third-order valence-corrected chi connectivity index (χ3v) is 6.06. The van der Waals surface area contributed by atoms with Gasteiger partial charge in [0.15, 0.2) is 0 Å². The highest BCUT2D eigenvalue weighted by Gasteiger charge is 2.26. The highest BCUT2D eigenvalue weighted by molar-refractivity contribution is 9.15. The van der Waals surface area contributed by atoms with Gasteiger partial charge in [0.25, 0.3) is 11.8 Å². The molecule has 152 valence electrons. The highest BCUT2D eigenvalue weighted by atomic mass is 79.9. The first kappa shape index (κ1) is 20.3. The Morgan fingerprint density at radius 3 is 2.37 bits per heavy atom. The van der Waals surface area contributed by atoms with Gasteiger partial charge in [-0.25, -0.2) is 0 Å². The van der Waals surface area contributed by atoms with Crippen LogP contribution < -0.4 is 5.32 Å². The number of likely N-dealkylation sites (tertiary alicyclic amines) is 1. The molecule has 1 N–H and O–H groups in total. The van der Waals surface area contributed by atoms with Crippen LogP contribution in [0, 0.1) is 0 Å². The molecule has 0 atom stereocenters. The molecule has 2 aromatic carbocycles. The first-order chi connectivity index (χ1) is 14.6. The predicted molar refractivity (Wildman–Crippen MR) is 122 cm³/mol. The van der Waals surface area contributed by atoms with Crippen molar-refractivity contribution in [3.8, 4) is 0 Å². The molecular formula is C24H22BrN3O2. The fourth-order valence-corrected chi connectivity index (χ4v) is 4.27. The summed E-state index contributed by atoms with van der Waals surface area (Å²) in [5.41, 5.74) is 2.39. The van der Waals surface area contributed by atoms with Crippen molar-refractivity contribution in [1.82, 2.24) is 15.2 Å². The number of halogens is 1. The summed E-state index contributed by atoms with van der Waals surface area (Å²) in [6.45, 7) is 1.39. The van der Waals surface area contributed by atoms with Crippen molar-refractivity contribution in [3.05, 3.63) is 83.7 Å². The van der Waals surface area contributed by atoms with E-state index in [0.29, 0.717) is 23.1 Å². The summed E-state index contributed by atoms with van der Waals surface area (Å²) in [5.74, 6) is -0.488. The number of carbonyl (C=O) groups excluding carboxylic acids is 2. The molecule has 0 bridgehead atoms. The number of piperidine rings is 1. The smallest absolute Gasteiger partial charge is 0.271 e. The maximum atomic E-state index is 13.4. The molecule has 0 aliphatic carbocycles. The molecule has 3 aromatic rings. The number of fused-ring (bicyclic) bond motifs is 1. The number of aromatic nitrogens is 1. The highest BCUT2D eigenvalue weighted by Crippen LogP contribution is 2.31. The summed E-state index contributed by atoms with van der Waals surface area (Å²) in [6, 6.07) is 18.5. The van der Waals surface area contributed by atoms with Crippen LogP contribution in [0.4, 0.5) is 0 Å². The molecule has 0 unspecified atom stereocenters. The minimum Gasteiger partial charge on any atom is -0.337 e. The van der Waals surface area contributed by atoms with Gasteiger partial charge in [-0.05, 0) is 59.5 Å². The van der Waals surface area contributed by atoms with Gasteiger partial charge < -0.3 is 10.2 Å². The summed E-state index contributed by atoms with van der Waals surface area (Å²) in [6.07, 6.45) is 4.78. The maximum absolute atomic E-state index is 13.4. The Morgan fingerprint density at radius 1 is 0.900 bits per heavy atom. The summed E-state index contributed by atoms with van der Waals surface area (Å²) in [7, 11) is 0. The number of nitrogens with one attached hydrogen (secondary N) is 1. The number of benzene rings is 2. The van der Waals surface area contributed by atoms with E-state index in [4.69, 9.17) is 0 Å². The van der Waals surface area contributed by atoms with Crippen molar-refractivity contribution in [1.29, 1.82) is 0 Å². The predicted octanol–water partition coefficient (Wildman–Crippen LogP) is 4.74. The Morgan fingerprint density at radius 2 is 1.60 bits per heavy atom. The first-order valence-electron chi connectivity index (χ1n) is 10.0. The van der Waals surface area contributed by atoms with E-state index in [1.165, 1.54) is 0 Å². The van der Waals surface area contributed by atoms with E-state index >= 15 is 0 Å². The van der Waals surface area contributed by atoms with Crippen LogP contribution in [0.25, 0.3) is 15.4 Å². The fraction of sp³-hybridized carbons (Fsp3) is 0.208. The average Bonchev–Trinajstić information content (AvgIpc) is 2.82. The molecule has 5 nitrogen and oxygen atoms in total. The van der Waals surface area contributed by atoms with Gasteiger partial charge in [0.05, 0.1) is 10.00 Å². The number of para-hydroxylation sites is 1. The van der Waals surface area contributed by atoms with Crippen LogP contribution in [0.2, 0.25) is 0 Å². The Hall–Kier alpha value is -2.99. The summed E-state index contributed by atoms with van der Waals surface area (Å²) < 4.78 is 0.556. The van der Waals surface area contributed by atoms with Gasteiger partial charge in [0.2, 0.25) is 0 Å². The second-order valence-electron chi connectivity index (χ2n) is 7.24. The lowest BCUT2D eigenvalue weighted by molar-refractivity contribution is -0.128. The molecule has 1 aromatic heterocycles. The standard InChI is InChI=1S/C24H22BrN3O2/c25-21(19-13-14-26-20-12-6-5-11-18(19)20)22(24(30)28-15-7-2-8-16-28)27-23(29)17-9-3-1-4-10-17/h1,3-6,9-14H,2,7-8,15-16H2,(H,27,29)/b22-21-. The van der Waals surface area contributed by atoms with E-state index in [2.05, 4.69) is 26.2 Å². The lowest BCUT2D eigenvalue weighted by Crippen LogP contribution is -2.41. The number of hydrogen-bond acceptors (Lipinski definition) is 3. The third kappa shape index (κ3) is 4.28.